The number of carbonyl (C=O) groups excluding carboxylic acids is 4. The van der Waals surface area contributed by atoms with Crippen molar-refractivity contribution >= 4 is 33.5 Å². The van der Waals surface area contributed by atoms with Gasteiger partial charge in [-0.05, 0) is 49.0 Å². The van der Waals surface area contributed by atoms with Crippen LogP contribution < -0.4 is 16.0 Å². The zero-order chi connectivity index (χ0) is 30.2. The van der Waals surface area contributed by atoms with Gasteiger partial charge in [-0.25, -0.2) is 8.42 Å². The lowest BCUT2D eigenvalue weighted by Gasteiger charge is -2.36. The molecule has 3 fully saturated rings. The van der Waals surface area contributed by atoms with Crippen molar-refractivity contribution in [1.82, 2.24) is 20.9 Å². The van der Waals surface area contributed by atoms with E-state index in [1.165, 1.54) is 25.7 Å². The second-order valence-electron chi connectivity index (χ2n) is 11.9. The Kier molecular flexibility index (Phi) is 9.26. The second kappa shape index (κ2) is 11.6. The molecule has 3 N–H and O–H groups in total. The lowest BCUT2D eigenvalue weighted by Crippen LogP contribution is -2.60. The predicted octanol–water partition coefficient (Wildman–Crippen LogP) is 1.57. The molecule has 2 aliphatic heterocycles. The molecular formula is C25H36F4N4O6S. The predicted molar refractivity (Wildman–Crippen MR) is 135 cm³/mol. The molecule has 40 heavy (non-hydrogen) atoms. The van der Waals surface area contributed by atoms with Crippen LogP contribution in [0.3, 0.4) is 0 Å². The van der Waals surface area contributed by atoms with Gasteiger partial charge in [-0.1, -0.05) is 27.2 Å². The van der Waals surface area contributed by atoms with Gasteiger partial charge in [0.2, 0.25) is 32.7 Å². The molecule has 2 heterocycles. The van der Waals surface area contributed by atoms with Crippen LogP contribution in [0, 0.1) is 23.2 Å². The van der Waals surface area contributed by atoms with E-state index >= 15 is 0 Å². The highest BCUT2D eigenvalue weighted by molar-refractivity contribution is 7.94. The first kappa shape index (κ1) is 31.8. The monoisotopic (exact) mass is 596 g/mol. The molecule has 1 saturated carbocycles. The number of hydrogen-bond acceptors (Lipinski definition) is 6. The van der Waals surface area contributed by atoms with Crippen molar-refractivity contribution in [2.75, 3.05) is 19.3 Å². The van der Waals surface area contributed by atoms with E-state index in [0.29, 0.717) is 38.1 Å². The summed E-state index contributed by atoms with van der Waals surface area (Å²) in [6, 6.07) is -3.95. The van der Waals surface area contributed by atoms with Crippen molar-refractivity contribution in [3.8, 4) is 0 Å². The van der Waals surface area contributed by atoms with E-state index in [9.17, 15) is 45.2 Å². The van der Waals surface area contributed by atoms with Crippen molar-refractivity contribution in [3.63, 3.8) is 0 Å². The molecule has 0 aromatic rings. The highest BCUT2D eigenvalue weighted by atomic mass is 32.2. The molecule has 0 aromatic carbocycles. The van der Waals surface area contributed by atoms with Gasteiger partial charge in [0.25, 0.3) is 0 Å². The molecule has 0 radical (unpaired) electrons. The molecule has 3 aliphatic rings. The Morgan fingerprint density at radius 2 is 1.77 bits per heavy atom. The molecule has 1 aliphatic carbocycles. The molecule has 226 valence electrons. The smallest absolute Gasteiger partial charge is 0.356 e. The Bertz CT molecular complexity index is 1170. The molecule has 0 spiro atoms. The minimum absolute atomic E-state index is 0.0826. The van der Waals surface area contributed by atoms with E-state index in [4.69, 9.17) is 0 Å². The van der Waals surface area contributed by atoms with E-state index in [2.05, 4.69) is 10.6 Å². The summed E-state index contributed by atoms with van der Waals surface area (Å²) in [5.41, 5.74) is -1.14. The molecule has 0 aromatic heterocycles. The Balaban J connectivity index is 1.91. The van der Waals surface area contributed by atoms with E-state index in [0.717, 1.165) is 6.42 Å². The summed E-state index contributed by atoms with van der Waals surface area (Å²) >= 11 is 0. The maximum Gasteiger partial charge on any atom is 0.471 e. The van der Waals surface area contributed by atoms with Gasteiger partial charge in [-0.3, -0.25) is 19.2 Å². The molecule has 10 nitrogen and oxygen atoms in total. The maximum atomic E-state index is 14.5. The number of fused-ring (bicyclic) bond motifs is 1. The van der Waals surface area contributed by atoms with E-state index in [-0.39, 0.29) is 30.7 Å². The van der Waals surface area contributed by atoms with Gasteiger partial charge >= 0.3 is 12.1 Å². The van der Waals surface area contributed by atoms with Gasteiger partial charge < -0.3 is 20.9 Å². The Hall–Kier alpha value is -2.71. The number of hydrogen-bond donors (Lipinski definition) is 3. The number of amides is 4. The quantitative estimate of drug-likeness (QED) is 0.364. The van der Waals surface area contributed by atoms with Crippen molar-refractivity contribution < 1.29 is 45.2 Å². The van der Waals surface area contributed by atoms with Gasteiger partial charge in [0, 0.05) is 25.3 Å². The van der Waals surface area contributed by atoms with Crippen LogP contribution in [0.25, 0.3) is 0 Å². The molecule has 3 rings (SSSR count). The van der Waals surface area contributed by atoms with Gasteiger partial charge in [0.05, 0.1) is 6.04 Å². The first-order valence-electron chi connectivity index (χ1n) is 13.1. The standard InChI is InChI=1S/C25H36F4N4O6S/c1-24(2,3)19(32-23(37)25(27,28)29)22(36)33-12-14-6-5-7-16(14)18(33)21(35)31-15(11-17(26)40(4,38)39)10-13-8-9-30-20(13)34/h11,13-16,18-19H,5-10,12H2,1-4H3,(H,30,34)(H,31,35)(H,32,37). The molecule has 4 amide bonds. The molecule has 6 atom stereocenters. The van der Waals surface area contributed by atoms with E-state index < -0.39 is 68.4 Å². The minimum atomic E-state index is -5.22. The average molecular weight is 597 g/mol. The molecule has 15 heteroatoms. The van der Waals surface area contributed by atoms with E-state index in [1.807, 2.05) is 0 Å². The van der Waals surface area contributed by atoms with Crippen LogP contribution in [-0.2, 0) is 29.0 Å². The van der Waals surface area contributed by atoms with Crippen LogP contribution in [-0.4, -0.2) is 80.6 Å². The molecule has 0 bridgehead atoms. The summed E-state index contributed by atoms with van der Waals surface area (Å²) in [6.45, 7) is 4.91. The highest BCUT2D eigenvalue weighted by Crippen LogP contribution is 2.43. The number of rotatable bonds is 8. The number of alkyl halides is 3. The first-order valence-corrected chi connectivity index (χ1v) is 15.0. The van der Waals surface area contributed by atoms with Crippen LogP contribution in [0.5, 0.6) is 0 Å². The number of sulfone groups is 1. The SMILES string of the molecule is CC(C)(C)C(NC(=O)C(F)(F)F)C(=O)N1CC2CCCC2C1C(=O)NC(C=C(F)S(C)(=O)=O)CC1CCNC1=O. The average Bonchev–Trinajstić information content (AvgIpc) is 3.50. The number of nitrogens with zero attached hydrogens (tertiary/aromatic N) is 1. The highest BCUT2D eigenvalue weighted by Gasteiger charge is 2.53. The van der Waals surface area contributed by atoms with Crippen LogP contribution in [0.2, 0.25) is 0 Å². The topological polar surface area (TPSA) is 142 Å². The fourth-order valence-corrected chi connectivity index (χ4v) is 6.20. The summed E-state index contributed by atoms with van der Waals surface area (Å²) in [4.78, 5) is 52.4. The van der Waals surface area contributed by atoms with E-state index in [1.54, 1.807) is 5.32 Å². The summed E-state index contributed by atoms with van der Waals surface area (Å²) in [7, 11) is -4.24. The first-order chi connectivity index (χ1) is 18.3. The Labute approximate surface area is 230 Å². The zero-order valence-electron chi connectivity index (χ0n) is 22.8. The third-order valence-electron chi connectivity index (χ3n) is 7.80. The Morgan fingerprint density at radius 3 is 2.30 bits per heavy atom. The van der Waals surface area contributed by atoms with Crippen LogP contribution >= 0.6 is 0 Å². The zero-order valence-corrected chi connectivity index (χ0v) is 23.6. The second-order valence-corrected chi connectivity index (χ2v) is 13.9. The van der Waals surface area contributed by atoms with Gasteiger partial charge in [-0.2, -0.15) is 17.6 Å². The molecule has 6 unspecified atom stereocenters. The Morgan fingerprint density at radius 1 is 1.12 bits per heavy atom. The van der Waals surface area contributed by atoms with Gasteiger partial charge in [0.1, 0.15) is 12.1 Å². The normalized spacial score (nSPS) is 27.1. The van der Waals surface area contributed by atoms with Gasteiger partial charge in [0.15, 0.2) is 0 Å². The third kappa shape index (κ3) is 7.32. The molecule has 2 saturated heterocycles. The fourth-order valence-electron chi connectivity index (χ4n) is 5.79. The van der Waals surface area contributed by atoms with Crippen LogP contribution in [0.1, 0.15) is 52.9 Å². The van der Waals surface area contributed by atoms with Crippen molar-refractivity contribution in [1.29, 1.82) is 0 Å². The lowest BCUT2D eigenvalue weighted by atomic mass is 9.85. The fraction of sp³-hybridized carbons (Fsp3) is 0.760. The number of likely N-dealkylation sites (tertiary alicyclic amines) is 1. The lowest BCUT2D eigenvalue weighted by molar-refractivity contribution is -0.176. The number of carbonyl (C=O) groups is 4. The maximum absolute atomic E-state index is 14.5. The largest absolute Gasteiger partial charge is 0.471 e. The van der Waals surface area contributed by atoms with Crippen LogP contribution in [0.4, 0.5) is 17.6 Å². The third-order valence-corrected chi connectivity index (χ3v) is 8.65. The van der Waals surface area contributed by atoms with Crippen molar-refractivity contribution in [2.24, 2.45) is 23.2 Å². The van der Waals surface area contributed by atoms with Crippen molar-refractivity contribution in [3.05, 3.63) is 11.2 Å². The molecular weight excluding hydrogens is 560 g/mol. The summed E-state index contributed by atoms with van der Waals surface area (Å²) in [5.74, 6) is -5.25. The number of nitrogens with one attached hydrogen (secondary N) is 3. The van der Waals surface area contributed by atoms with Crippen molar-refractivity contribution in [2.45, 2.75) is 77.2 Å². The number of halogens is 4. The summed E-state index contributed by atoms with van der Waals surface area (Å²) in [6.07, 6.45) is -1.55. The summed E-state index contributed by atoms with van der Waals surface area (Å²) in [5, 5.41) is 5.50. The minimum Gasteiger partial charge on any atom is -0.356 e. The van der Waals surface area contributed by atoms with Gasteiger partial charge in [-0.15, -0.1) is 0 Å². The van der Waals surface area contributed by atoms with Crippen LogP contribution in [0.15, 0.2) is 11.2 Å². The summed E-state index contributed by atoms with van der Waals surface area (Å²) < 4.78 is 77.1.